The molecule has 2 heterocycles. The zero-order chi connectivity index (χ0) is 9.10. The average molecular weight is 176 g/mol. The smallest absolute Gasteiger partial charge is 0.128 e. The Labute approximate surface area is 79.6 Å². The molecule has 1 fully saturated rings. The molecular weight excluding hydrogens is 160 g/mol. The lowest BCUT2D eigenvalue weighted by Crippen LogP contribution is -2.34. The minimum Gasteiger partial charge on any atom is -0.356 e. The first-order chi connectivity index (χ1) is 6.36. The van der Waals surface area contributed by atoms with Crippen molar-refractivity contribution in [3.63, 3.8) is 0 Å². The molecule has 0 unspecified atom stereocenters. The van der Waals surface area contributed by atoms with Gasteiger partial charge in [0.05, 0.1) is 0 Å². The molecule has 0 amide bonds. The molecule has 1 aromatic rings. The Morgan fingerprint density at radius 3 is 3.08 bits per heavy atom. The van der Waals surface area contributed by atoms with Crippen LogP contribution in [0.5, 0.6) is 0 Å². The fourth-order valence-electron chi connectivity index (χ4n) is 1.94. The van der Waals surface area contributed by atoms with Gasteiger partial charge >= 0.3 is 0 Å². The standard InChI is InChI=1S/C11H16N2/c1-10-5-4-8-13(9-10)11-6-2-3-7-12-11/h2-3,6-7,10H,4-5,8-9H2,1H3/t10-/m1/s1. The van der Waals surface area contributed by atoms with E-state index in [2.05, 4.69) is 28.9 Å². The van der Waals surface area contributed by atoms with Gasteiger partial charge in [-0.25, -0.2) is 4.98 Å². The fourth-order valence-corrected chi connectivity index (χ4v) is 1.94. The van der Waals surface area contributed by atoms with Gasteiger partial charge in [-0.3, -0.25) is 0 Å². The van der Waals surface area contributed by atoms with E-state index in [1.165, 1.54) is 19.4 Å². The molecule has 2 nitrogen and oxygen atoms in total. The Morgan fingerprint density at radius 1 is 1.46 bits per heavy atom. The third-order valence-corrected chi connectivity index (χ3v) is 2.63. The third kappa shape index (κ3) is 2.00. The number of hydrogen-bond acceptors (Lipinski definition) is 2. The Hall–Kier alpha value is -1.05. The molecule has 1 saturated heterocycles. The molecule has 0 radical (unpaired) electrons. The molecule has 2 rings (SSSR count). The van der Waals surface area contributed by atoms with Gasteiger partial charge in [0.2, 0.25) is 0 Å². The van der Waals surface area contributed by atoms with Crippen LogP contribution in [0.1, 0.15) is 19.8 Å². The van der Waals surface area contributed by atoms with E-state index in [1.807, 2.05) is 12.3 Å². The van der Waals surface area contributed by atoms with Crippen LogP contribution in [-0.2, 0) is 0 Å². The Morgan fingerprint density at radius 2 is 2.38 bits per heavy atom. The second-order valence-electron chi connectivity index (χ2n) is 3.88. The molecule has 1 atom stereocenters. The van der Waals surface area contributed by atoms with Crippen LogP contribution in [-0.4, -0.2) is 18.1 Å². The fraction of sp³-hybridized carbons (Fsp3) is 0.545. The van der Waals surface area contributed by atoms with Crippen molar-refractivity contribution in [3.05, 3.63) is 24.4 Å². The Kier molecular flexibility index (Phi) is 2.48. The summed E-state index contributed by atoms with van der Waals surface area (Å²) in [5.41, 5.74) is 0. The molecule has 0 aromatic carbocycles. The molecule has 1 aliphatic heterocycles. The van der Waals surface area contributed by atoms with Crippen molar-refractivity contribution in [1.29, 1.82) is 0 Å². The second-order valence-corrected chi connectivity index (χ2v) is 3.88. The maximum Gasteiger partial charge on any atom is 0.128 e. The molecule has 0 bridgehead atoms. The summed E-state index contributed by atoms with van der Waals surface area (Å²) in [5.74, 6) is 1.95. The maximum atomic E-state index is 4.36. The first-order valence-electron chi connectivity index (χ1n) is 5.02. The average Bonchev–Trinajstić information content (AvgIpc) is 2.19. The number of aromatic nitrogens is 1. The van der Waals surface area contributed by atoms with Crippen LogP contribution < -0.4 is 4.90 Å². The molecule has 0 aliphatic carbocycles. The van der Waals surface area contributed by atoms with E-state index < -0.39 is 0 Å². The SMILES string of the molecule is C[C@@H]1CCCN(c2ccccn2)C1. The van der Waals surface area contributed by atoms with Gasteiger partial charge in [-0.05, 0) is 30.9 Å². The van der Waals surface area contributed by atoms with E-state index in [0.717, 1.165) is 18.3 Å². The van der Waals surface area contributed by atoms with Gasteiger partial charge in [0, 0.05) is 19.3 Å². The Balaban J connectivity index is 2.08. The normalized spacial score (nSPS) is 23.2. The second kappa shape index (κ2) is 3.77. The van der Waals surface area contributed by atoms with E-state index in [9.17, 15) is 0 Å². The molecule has 1 aliphatic rings. The van der Waals surface area contributed by atoms with Crippen LogP contribution in [0.15, 0.2) is 24.4 Å². The largest absolute Gasteiger partial charge is 0.356 e. The summed E-state index contributed by atoms with van der Waals surface area (Å²) in [6, 6.07) is 6.12. The van der Waals surface area contributed by atoms with E-state index in [-0.39, 0.29) is 0 Å². The molecular formula is C11H16N2. The van der Waals surface area contributed by atoms with Crippen molar-refractivity contribution in [2.75, 3.05) is 18.0 Å². The summed E-state index contributed by atoms with van der Waals surface area (Å²) < 4.78 is 0. The Bertz CT molecular complexity index is 258. The van der Waals surface area contributed by atoms with Crippen LogP contribution in [0, 0.1) is 5.92 Å². The summed E-state index contributed by atoms with van der Waals surface area (Å²) in [6.07, 6.45) is 4.54. The number of piperidine rings is 1. The monoisotopic (exact) mass is 176 g/mol. The summed E-state index contributed by atoms with van der Waals surface area (Å²) in [7, 11) is 0. The van der Waals surface area contributed by atoms with Crippen LogP contribution in [0.3, 0.4) is 0 Å². The van der Waals surface area contributed by atoms with Gasteiger partial charge in [-0.2, -0.15) is 0 Å². The number of nitrogens with zero attached hydrogens (tertiary/aromatic N) is 2. The zero-order valence-corrected chi connectivity index (χ0v) is 8.11. The van der Waals surface area contributed by atoms with Crippen molar-refractivity contribution in [3.8, 4) is 0 Å². The van der Waals surface area contributed by atoms with Crippen LogP contribution in [0.25, 0.3) is 0 Å². The van der Waals surface area contributed by atoms with Gasteiger partial charge in [-0.1, -0.05) is 13.0 Å². The number of anilines is 1. The molecule has 0 saturated carbocycles. The highest BCUT2D eigenvalue weighted by atomic mass is 15.2. The zero-order valence-electron chi connectivity index (χ0n) is 8.11. The van der Waals surface area contributed by atoms with Crippen molar-refractivity contribution in [2.24, 2.45) is 5.92 Å². The van der Waals surface area contributed by atoms with E-state index in [1.54, 1.807) is 0 Å². The van der Waals surface area contributed by atoms with Gasteiger partial charge in [0.25, 0.3) is 0 Å². The molecule has 2 heteroatoms. The van der Waals surface area contributed by atoms with E-state index in [0.29, 0.717) is 0 Å². The molecule has 0 N–H and O–H groups in total. The van der Waals surface area contributed by atoms with E-state index in [4.69, 9.17) is 0 Å². The third-order valence-electron chi connectivity index (χ3n) is 2.63. The quantitative estimate of drug-likeness (QED) is 0.652. The highest BCUT2D eigenvalue weighted by Crippen LogP contribution is 2.20. The minimum absolute atomic E-state index is 0.816. The predicted molar refractivity (Wildman–Crippen MR) is 54.8 cm³/mol. The van der Waals surface area contributed by atoms with Gasteiger partial charge in [0.15, 0.2) is 0 Å². The van der Waals surface area contributed by atoms with Gasteiger partial charge < -0.3 is 4.90 Å². The number of pyridine rings is 1. The summed E-state index contributed by atoms with van der Waals surface area (Å²) in [4.78, 5) is 6.75. The summed E-state index contributed by atoms with van der Waals surface area (Å²) in [6.45, 7) is 4.65. The lowest BCUT2D eigenvalue weighted by Gasteiger charge is -2.31. The number of hydrogen-bond donors (Lipinski definition) is 0. The highest BCUT2D eigenvalue weighted by Gasteiger charge is 2.16. The molecule has 70 valence electrons. The maximum absolute atomic E-state index is 4.36. The summed E-state index contributed by atoms with van der Waals surface area (Å²) in [5, 5.41) is 0. The molecule has 1 aromatic heterocycles. The van der Waals surface area contributed by atoms with Gasteiger partial charge in [0.1, 0.15) is 5.82 Å². The molecule has 0 spiro atoms. The van der Waals surface area contributed by atoms with Crippen molar-refractivity contribution < 1.29 is 0 Å². The van der Waals surface area contributed by atoms with Crippen molar-refractivity contribution in [2.45, 2.75) is 19.8 Å². The van der Waals surface area contributed by atoms with E-state index >= 15 is 0 Å². The van der Waals surface area contributed by atoms with Crippen LogP contribution in [0.2, 0.25) is 0 Å². The highest BCUT2D eigenvalue weighted by molar-refractivity contribution is 5.37. The van der Waals surface area contributed by atoms with Crippen molar-refractivity contribution in [1.82, 2.24) is 4.98 Å². The summed E-state index contributed by atoms with van der Waals surface area (Å²) >= 11 is 0. The lowest BCUT2D eigenvalue weighted by molar-refractivity contribution is 0.444. The number of rotatable bonds is 1. The topological polar surface area (TPSA) is 16.1 Å². The first-order valence-corrected chi connectivity index (χ1v) is 5.02. The predicted octanol–water partition coefficient (Wildman–Crippen LogP) is 2.32. The van der Waals surface area contributed by atoms with Crippen LogP contribution in [0.4, 0.5) is 5.82 Å². The minimum atomic E-state index is 0.816. The molecule has 13 heavy (non-hydrogen) atoms. The first kappa shape index (κ1) is 8.54. The van der Waals surface area contributed by atoms with Gasteiger partial charge in [-0.15, -0.1) is 0 Å². The van der Waals surface area contributed by atoms with Crippen molar-refractivity contribution >= 4 is 5.82 Å². The lowest BCUT2D eigenvalue weighted by atomic mass is 10.0. The van der Waals surface area contributed by atoms with Crippen LogP contribution >= 0.6 is 0 Å².